The number of thiocarbonyl (C=S) groups is 1. The van der Waals surface area contributed by atoms with Gasteiger partial charge in [-0.2, -0.15) is 0 Å². The quantitative estimate of drug-likeness (QED) is 0.726. The topological polar surface area (TPSA) is 62.8 Å². The van der Waals surface area contributed by atoms with E-state index in [0.29, 0.717) is 31.1 Å². The Morgan fingerprint density at radius 3 is 2.75 bits per heavy atom. The molecule has 2 aromatic carbocycles. The minimum atomic E-state index is -0.275. The lowest BCUT2D eigenvalue weighted by atomic mass is 10.2. The lowest BCUT2D eigenvalue weighted by Crippen LogP contribution is -2.38. The van der Waals surface area contributed by atoms with E-state index in [0.717, 1.165) is 30.9 Å². The van der Waals surface area contributed by atoms with E-state index in [1.807, 2.05) is 37.3 Å². The molecule has 1 heterocycles. The van der Waals surface area contributed by atoms with Gasteiger partial charge in [-0.15, -0.1) is 0 Å². The van der Waals surface area contributed by atoms with Crippen LogP contribution in [-0.2, 0) is 4.74 Å². The monoisotopic (exact) mass is 399 g/mol. The summed E-state index contributed by atoms with van der Waals surface area (Å²) in [4.78, 5) is 14.8. The fraction of sp³-hybridized carbons (Fsp3) is 0.333. The van der Waals surface area contributed by atoms with Crippen LogP contribution in [0.4, 0.5) is 11.4 Å². The maximum atomic E-state index is 12.5. The average molecular weight is 400 g/mol. The highest BCUT2D eigenvalue weighted by atomic mass is 32.1. The Morgan fingerprint density at radius 2 is 1.96 bits per heavy atom. The number of nitrogens with one attached hydrogen (secondary N) is 2. The summed E-state index contributed by atoms with van der Waals surface area (Å²) < 4.78 is 11.0. The number of nitrogens with zero attached hydrogens (tertiary/aromatic N) is 1. The standard InChI is InChI=1S/C21H25N3O3S/c1-2-12-27-17-7-5-6-16(15-17)20(25)23-21(28)22-18-8-3-4-9-19(18)24-10-13-26-14-11-24/h3-9,15H,2,10-14H2,1H3,(H2,22,23,25,28). The maximum absolute atomic E-state index is 12.5. The number of amides is 1. The van der Waals surface area contributed by atoms with Crippen LogP contribution in [0.5, 0.6) is 5.75 Å². The molecule has 2 aromatic rings. The number of morpholine rings is 1. The molecule has 1 amide bonds. The van der Waals surface area contributed by atoms with Crippen LogP contribution in [0.3, 0.4) is 0 Å². The minimum absolute atomic E-state index is 0.255. The number of benzene rings is 2. The molecular weight excluding hydrogens is 374 g/mol. The van der Waals surface area contributed by atoms with Crippen molar-refractivity contribution in [1.82, 2.24) is 5.32 Å². The van der Waals surface area contributed by atoms with E-state index in [4.69, 9.17) is 21.7 Å². The Balaban J connectivity index is 1.63. The van der Waals surface area contributed by atoms with Gasteiger partial charge < -0.3 is 19.7 Å². The van der Waals surface area contributed by atoms with Crippen molar-refractivity contribution in [2.75, 3.05) is 43.1 Å². The molecule has 3 rings (SSSR count). The van der Waals surface area contributed by atoms with E-state index in [2.05, 4.69) is 15.5 Å². The highest BCUT2D eigenvalue weighted by Gasteiger charge is 2.16. The zero-order valence-electron chi connectivity index (χ0n) is 15.9. The van der Waals surface area contributed by atoms with Crippen LogP contribution in [-0.4, -0.2) is 43.9 Å². The molecule has 1 fully saturated rings. The van der Waals surface area contributed by atoms with E-state index in [9.17, 15) is 4.79 Å². The van der Waals surface area contributed by atoms with Crippen LogP contribution in [0.15, 0.2) is 48.5 Å². The Bertz CT molecular complexity index is 822. The number of ether oxygens (including phenoxy) is 2. The van der Waals surface area contributed by atoms with Crippen molar-refractivity contribution >= 4 is 34.6 Å². The SMILES string of the molecule is CCCOc1cccc(C(=O)NC(=S)Nc2ccccc2N2CCOCC2)c1. The van der Waals surface area contributed by atoms with Crippen molar-refractivity contribution in [2.24, 2.45) is 0 Å². The van der Waals surface area contributed by atoms with Gasteiger partial charge in [-0.25, -0.2) is 0 Å². The summed E-state index contributed by atoms with van der Waals surface area (Å²) in [6.45, 7) is 5.70. The minimum Gasteiger partial charge on any atom is -0.494 e. The predicted molar refractivity (Wildman–Crippen MR) is 115 cm³/mol. The second-order valence-corrected chi connectivity index (χ2v) is 6.81. The molecule has 2 N–H and O–H groups in total. The summed E-state index contributed by atoms with van der Waals surface area (Å²) in [5.74, 6) is 0.398. The number of hydrogen-bond acceptors (Lipinski definition) is 5. The molecule has 0 aliphatic carbocycles. The molecule has 0 bridgehead atoms. The van der Waals surface area contributed by atoms with Crippen LogP contribution in [0.2, 0.25) is 0 Å². The van der Waals surface area contributed by atoms with E-state index in [-0.39, 0.29) is 11.0 Å². The fourth-order valence-corrected chi connectivity index (χ4v) is 3.14. The third kappa shape index (κ3) is 5.43. The largest absolute Gasteiger partial charge is 0.494 e. The summed E-state index contributed by atoms with van der Waals surface area (Å²) in [6, 6.07) is 15.0. The Hall–Kier alpha value is -2.64. The molecule has 0 spiro atoms. The van der Waals surface area contributed by atoms with E-state index in [1.54, 1.807) is 18.2 Å². The number of rotatable bonds is 6. The molecule has 148 valence electrons. The summed E-state index contributed by atoms with van der Waals surface area (Å²) in [5.41, 5.74) is 2.39. The van der Waals surface area contributed by atoms with E-state index < -0.39 is 0 Å². The third-order valence-corrected chi connectivity index (χ3v) is 4.50. The molecule has 1 saturated heterocycles. The van der Waals surface area contributed by atoms with Gasteiger partial charge in [0, 0.05) is 18.7 Å². The van der Waals surface area contributed by atoms with Crippen molar-refractivity contribution in [3.63, 3.8) is 0 Å². The van der Waals surface area contributed by atoms with Crippen molar-refractivity contribution in [3.05, 3.63) is 54.1 Å². The van der Waals surface area contributed by atoms with Gasteiger partial charge >= 0.3 is 0 Å². The van der Waals surface area contributed by atoms with E-state index >= 15 is 0 Å². The van der Waals surface area contributed by atoms with Gasteiger partial charge in [0.25, 0.3) is 5.91 Å². The second kappa shape index (κ2) is 10.1. The van der Waals surface area contributed by atoms with Gasteiger partial charge in [0.15, 0.2) is 5.11 Å². The molecule has 7 heteroatoms. The molecule has 0 aromatic heterocycles. The second-order valence-electron chi connectivity index (χ2n) is 6.40. The highest BCUT2D eigenvalue weighted by molar-refractivity contribution is 7.80. The first-order valence-corrected chi connectivity index (χ1v) is 9.85. The van der Waals surface area contributed by atoms with Crippen molar-refractivity contribution in [3.8, 4) is 5.75 Å². The van der Waals surface area contributed by atoms with Gasteiger partial charge in [-0.1, -0.05) is 25.1 Å². The zero-order valence-corrected chi connectivity index (χ0v) is 16.8. The first kappa shape index (κ1) is 20.1. The van der Waals surface area contributed by atoms with Crippen molar-refractivity contribution in [1.29, 1.82) is 0 Å². The molecule has 6 nitrogen and oxygen atoms in total. The Morgan fingerprint density at radius 1 is 1.18 bits per heavy atom. The number of carbonyl (C=O) groups is 1. The van der Waals surface area contributed by atoms with Gasteiger partial charge in [-0.3, -0.25) is 10.1 Å². The lowest BCUT2D eigenvalue weighted by Gasteiger charge is -2.30. The number of carbonyl (C=O) groups excluding carboxylic acids is 1. The first-order valence-electron chi connectivity index (χ1n) is 9.44. The summed E-state index contributed by atoms with van der Waals surface area (Å²) >= 11 is 5.36. The van der Waals surface area contributed by atoms with Crippen LogP contribution in [0.25, 0.3) is 0 Å². The Labute approximate surface area is 170 Å². The van der Waals surface area contributed by atoms with Crippen molar-refractivity contribution in [2.45, 2.75) is 13.3 Å². The van der Waals surface area contributed by atoms with Crippen LogP contribution in [0.1, 0.15) is 23.7 Å². The molecule has 1 aliphatic rings. The zero-order chi connectivity index (χ0) is 19.8. The first-order chi connectivity index (χ1) is 13.7. The third-order valence-electron chi connectivity index (χ3n) is 4.30. The molecular formula is C21H25N3O3S. The fourth-order valence-electron chi connectivity index (χ4n) is 2.94. The molecule has 0 radical (unpaired) electrons. The van der Waals surface area contributed by atoms with Gasteiger partial charge in [0.1, 0.15) is 5.75 Å². The van der Waals surface area contributed by atoms with Gasteiger partial charge in [0.05, 0.1) is 31.2 Å². The lowest BCUT2D eigenvalue weighted by molar-refractivity contribution is 0.0977. The molecule has 0 atom stereocenters. The molecule has 28 heavy (non-hydrogen) atoms. The maximum Gasteiger partial charge on any atom is 0.257 e. The van der Waals surface area contributed by atoms with Gasteiger partial charge in [-0.05, 0) is 49.0 Å². The highest BCUT2D eigenvalue weighted by Crippen LogP contribution is 2.26. The molecule has 0 saturated carbocycles. The Kier molecular flexibility index (Phi) is 7.22. The normalized spacial score (nSPS) is 13.7. The average Bonchev–Trinajstić information content (AvgIpc) is 2.73. The molecule has 1 aliphatic heterocycles. The number of hydrogen-bond donors (Lipinski definition) is 2. The van der Waals surface area contributed by atoms with Gasteiger partial charge in [0.2, 0.25) is 0 Å². The summed E-state index contributed by atoms with van der Waals surface area (Å²) in [6.07, 6.45) is 0.910. The van der Waals surface area contributed by atoms with Crippen LogP contribution in [0, 0.1) is 0 Å². The molecule has 0 unspecified atom stereocenters. The van der Waals surface area contributed by atoms with Crippen LogP contribution >= 0.6 is 12.2 Å². The number of anilines is 2. The van der Waals surface area contributed by atoms with Crippen LogP contribution < -0.4 is 20.3 Å². The predicted octanol–water partition coefficient (Wildman–Crippen LogP) is 3.44. The summed E-state index contributed by atoms with van der Waals surface area (Å²) in [7, 11) is 0. The van der Waals surface area contributed by atoms with E-state index in [1.165, 1.54) is 0 Å². The number of para-hydroxylation sites is 2. The summed E-state index contributed by atoms with van der Waals surface area (Å²) in [5, 5.41) is 6.14. The smallest absolute Gasteiger partial charge is 0.257 e. The van der Waals surface area contributed by atoms with Crippen molar-refractivity contribution < 1.29 is 14.3 Å².